The third-order valence-corrected chi connectivity index (χ3v) is 4.94. The highest BCUT2D eigenvalue weighted by molar-refractivity contribution is 5.98. The highest BCUT2D eigenvalue weighted by Gasteiger charge is 2.33. The van der Waals surface area contributed by atoms with Crippen LogP contribution in [0.5, 0.6) is 11.5 Å². The Morgan fingerprint density at radius 1 is 1.13 bits per heavy atom. The summed E-state index contributed by atoms with van der Waals surface area (Å²) in [5.41, 5.74) is 0.597. The third-order valence-electron chi connectivity index (χ3n) is 4.94. The van der Waals surface area contributed by atoms with E-state index >= 15 is 0 Å². The number of carbonyl (C=O) groups is 1. The molecule has 5 heteroatoms. The van der Waals surface area contributed by atoms with Gasteiger partial charge in [0.15, 0.2) is 11.5 Å². The fourth-order valence-corrected chi connectivity index (χ4v) is 3.77. The van der Waals surface area contributed by atoms with E-state index in [0.717, 1.165) is 25.9 Å². The number of hydrogen-bond donors (Lipinski definition) is 0. The van der Waals surface area contributed by atoms with Crippen molar-refractivity contribution in [2.45, 2.75) is 31.7 Å². The van der Waals surface area contributed by atoms with Crippen LogP contribution in [0, 0.1) is 0 Å². The van der Waals surface area contributed by atoms with Crippen LogP contribution in [-0.4, -0.2) is 62.1 Å². The average molecular weight is 318 g/mol. The summed E-state index contributed by atoms with van der Waals surface area (Å²) in [4.78, 5) is 17.6. The van der Waals surface area contributed by atoms with Gasteiger partial charge in [-0.15, -0.1) is 0 Å². The summed E-state index contributed by atoms with van der Waals surface area (Å²) in [5, 5.41) is 0. The molecule has 2 aliphatic heterocycles. The van der Waals surface area contributed by atoms with Crippen molar-refractivity contribution in [2.24, 2.45) is 0 Å². The molecule has 23 heavy (non-hydrogen) atoms. The van der Waals surface area contributed by atoms with E-state index in [2.05, 4.69) is 4.90 Å². The second-order valence-electron chi connectivity index (χ2n) is 6.34. The van der Waals surface area contributed by atoms with Crippen LogP contribution in [0.15, 0.2) is 18.2 Å². The smallest absolute Gasteiger partial charge is 0.258 e. The lowest BCUT2D eigenvalue weighted by molar-refractivity contribution is 0.0704. The molecule has 2 heterocycles. The first-order valence-corrected chi connectivity index (χ1v) is 8.49. The van der Waals surface area contributed by atoms with Crippen LogP contribution in [0.3, 0.4) is 0 Å². The first-order chi connectivity index (χ1) is 11.2. The van der Waals surface area contributed by atoms with Crippen LogP contribution in [0.1, 0.15) is 36.0 Å². The highest BCUT2D eigenvalue weighted by Crippen LogP contribution is 2.33. The van der Waals surface area contributed by atoms with Gasteiger partial charge >= 0.3 is 0 Å². The average Bonchev–Trinajstić information content (AvgIpc) is 3.25. The molecule has 2 saturated heterocycles. The second-order valence-corrected chi connectivity index (χ2v) is 6.34. The zero-order chi connectivity index (χ0) is 16.2. The Morgan fingerprint density at radius 2 is 1.91 bits per heavy atom. The first-order valence-electron chi connectivity index (χ1n) is 8.49. The topological polar surface area (TPSA) is 42.0 Å². The Morgan fingerprint density at radius 3 is 2.61 bits per heavy atom. The summed E-state index contributed by atoms with van der Waals surface area (Å²) in [7, 11) is 3.18. The maximum Gasteiger partial charge on any atom is 0.258 e. The van der Waals surface area contributed by atoms with E-state index in [9.17, 15) is 4.79 Å². The van der Waals surface area contributed by atoms with Gasteiger partial charge in [0.25, 0.3) is 5.91 Å². The number of nitrogens with zero attached hydrogens (tertiary/aromatic N) is 2. The normalized spacial score (nSPS) is 21.7. The molecule has 0 aromatic heterocycles. The van der Waals surface area contributed by atoms with Crippen molar-refractivity contribution < 1.29 is 14.3 Å². The third kappa shape index (κ3) is 3.29. The van der Waals surface area contributed by atoms with Gasteiger partial charge in [0.05, 0.1) is 19.8 Å². The maximum absolute atomic E-state index is 13.1. The fraction of sp³-hybridized carbons (Fsp3) is 0.611. The van der Waals surface area contributed by atoms with Crippen molar-refractivity contribution in [3.8, 4) is 11.5 Å². The summed E-state index contributed by atoms with van der Waals surface area (Å²) < 4.78 is 10.8. The van der Waals surface area contributed by atoms with E-state index in [1.165, 1.54) is 25.9 Å². The van der Waals surface area contributed by atoms with E-state index in [4.69, 9.17) is 9.47 Å². The summed E-state index contributed by atoms with van der Waals surface area (Å²) in [6, 6.07) is 5.81. The number of likely N-dealkylation sites (tertiary alicyclic amines) is 2. The standard InChI is InChI=1S/C18H26N2O3/c1-22-16-9-5-8-15(17(16)23-2)18(21)20-12-6-7-14(20)13-19-10-3-4-11-19/h5,8-9,14H,3-4,6-7,10-13H2,1-2H3. The molecule has 0 bridgehead atoms. The number of ether oxygens (including phenoxy) is 2. The van der Waals surface area contributed by atoms with Crippen molar-refractivity contribution in [2.75, 3.05) is 40.4 Å². The minimum atomic E-state index is 0.0578. The number of para-hydroxylation sites is 1. The molecule has 0 aliphatic carbocycles. The lowest BCUT2D eigenvalue weighted by atomic mass is 10.1. The van der Waals surface area contributed by atoms with Gasteiger partial charge in [0, 0.05) is 19.1 Å². The molecule has 1 atom stereocenters. The molecule has 1 aromatic rings. The van der Waals surface area contributed by atoms with Crippen LogP contribution in [0.25, 0.3) is 0 Å². The van der Waals surface area contributed by atoms with E-state index in [1.54, 1.807) is 14.2 Å². The van der Waals surface area contributed by atoms with E-state index in [1.807, 2.05) is 23.1 Å². The summed E-state index contributed by atoms with van der Waals surface area (Å²) in [6.07, 6.45) is 4.74. The van der Waals surface area contributed by atoms with Crippen LogP contribution in [0.4, 0.5) is 0 Å². The van der Waals surface area contributed by atoms with Crippen molar-refractivity contribution in [1.29, 1.82) is 0 Å². The Hall–Kier alpha value is -1.75. The largest absolute Gasteiger partial charge is 0.493 e. The summed E-state index contributed by atoms with van der Waals surface area (Å²) in [6.45, 7) is 4.16. The number of methoxy groups -OCH3 is 2. The number of hydrogen-bond acceptors (Lipinski definition) is 4. The quantitative estimate of drug-likeness (QED) is 0.836. The van der Waals surface area contributed by atoms with Crippen molar-refractivity contribution in [3.63, 3.8) is 0 Å². The number of rotatable bonds is 5. The molecule has 1 unspecified atom stereocenters. The van der Waals surface area contributed by atoms with Crippen molar-refractivity contribution in [1.82, 2.24) is 9.80 Å². The number of carbonyl (C=O) groups excluding carboxylic acids is 1. The van der Waals surface area contributed by atoms with Crippen LogP contribution < -0.4 is 9.47 Å². The Labute approximate surface area is 138 Å². The Kier molecular flexibility index (Phi) is 5.06. The molecule has 1 aromatic carbocycles. The van der Waals surface area contributed by atoms with E-state index in [0.29, 0.717) is 23.1 Å². The first kappa shape index (κ1) is 16.1. The van der Waals surface area contributed by atoms with Gasteiger partial charge in [0.1, 0.15) is 0 Å². The molecular formula is C18H26N2O3. The van der Waals surface area contributed by atoms with Crippen LogP contribution in [0.2, 0.25) is 0 Å². The molecule has 5 nitrogen and oxygen atoms in total. The van der Waals surface area contributed by atoms with E-state index < -0.39 is 0 Å². The van der Waals surface area contributed by atoms with Gasteiger partial charge in [0.2, 0.25) is 0 Å². The molecule has 0 N–H and O–H groups in total. The van der Waals surface area contributed by atoms with Crippen molar-refractivity contribution in [3.05, 3.63) is 23.8 Å². The molecule has 3 rings (SSSR count). The van der Waals surface area contributed by atoms with Gasteiger partial charge in [-0.3, -0.25) is 4.79 Å². The molecule has 1 amide bonds. The zero-order valence-electron chi connectivity index (χ0n) is 14.1. The predicted molar refractivity (Wildman–Crippen MR) is 89.3 cm³/mol. The van der Waals surface area contributed by atoms with Crippen LogP contribution >= 0.6 is 0 Å². The summed E-state index contributed by atoms with van der Waals surface area (Å²) in [5.74, 6) is 1.20. The number of amides is 1. The van der Waals surface area contributed by atoms with Crippen molar-refractivity contribution >= 4 is 5.91 Å². The number of benzene rings is 1. The molecule has 2 aliphatic rings. The molecule has 0 spiro atoms. The van der Waals surface area contributed by atoms with E-state index in [-0.39, 0.29) is 5.91 Å². The van der Waals surface area contributed by atoms with Gasteiger partial charge < -0.3 is 19.3 Å². The monoisotopic (exact) mass is 318 g/mol. The maximum atomic E-state index is 13.1. The van der Waals surface area contributed by atoms with Gasteiger partial charge in [-0.2, -0.15) is 0 Å². The minimum absolute atomic E-state index is 0.0578. The summed E-state index contributed by atoms with van der Waals surface area (Å²) >= 11 is 0. The Balaban J connectivity index is 1.78. The highest BCUT2D eigenvalue weighted by atomic mass is 16.5. The minimum Gasteiger partial charge on any atom is -0.493 e. The second kappa shape index (κ2) is 7.21. The molecule has 0 radical (unpaired) electrons. The predicted octanol–water partition coefficient (Wildman–Crippen LogP) is 2.40. The lowest BCUT2D eigenvalue weighted by Crippen LogP contribution is -2.42. The molecular weight excluding hydrogens is 292 g/mol. The van der Waals surface area contributed by atoms with Crippen LogP contribution in [-0.2, 0) is 0 Å². The fourth-order valence-electron chi connectivity index (χ4n) is 3.77. The van der Waals surface area contributed by atoms with Gasteiger partial charge in [-0.1, -0.05) is 6.07 Å². The zero-order valence-corrected chi connectivity index (χ0v) is 14.1. The Bertz CT molecular complexity index is 555. The molecule has 2 fully saturated rings. The van der Waals surface area contributed by atoms with Gasteiger partial charge in [-0.05, 0) is 50.9 Å². The SMILES string of the molecule is COc1cccc(C(=O)N2CCCC2CN2CCCC2)c1OC. The molecule has 0 saturated carbocycles. The molecule has 126 valence electrons. The van der Waals surface area contributed by atoms with Gasteiger partial charge in [-0.25, -0.2) is 0 Å². The lowest BCUT2D eigenvalue weighted by Gasteiger charge is -2.29.